The third-order valence-electron chi connectivity index (χ3n) is 7.88. The molecule has 3 atom stereocenters. The molecule has 2 aromatic rings. The fourth-order valence-corrected chi connectivity index (χ4v) is 6.08. The number of rotatable bonds is 16. The maximum absolute atomic E-state index is 14.5. The molecule has 228 valence electrons. The smallest absolute Gasteiger partial charge is 0.244 e. The molecule has 0 radical (unpaired) electrons. The highest BCUT2D eigenvalue weighted by Crippen LogP contribution is 2.45. The van der Waals surface area contributed by atoms with Crippen LogP contribution >= 0.6 is 0 Å². The van der Waals surface area contributed by atoms with Gasteiger partial charge in [0.15, 0.2) is 0 Å². The molecule has 2 aromatic carbocycles. The lowest BCUT2D eigenvalue weighted by molar-refractivity contribution is -0.145. The molecular formula is C34H45F2N3O3. The fraction of sp³-hybridized carbons (Fsp3) is 0.471. The molecular weight excluding hydrogens is 536 g/mol. The molecule has 0 aromatic heterocycles. The Bertz CT molecular complexity index is 1240. The van der Waals surface area contributed by atoms with E-state index < -0.39 is 35.0 Å². The van der Waals surface area contributed by atoms with Crippen molar-refractivity contribution in [2.45, 2.75) is 65.4 Å². The first kappa shape index (κ1) is 33.1. The van der Waals surface area contributed by atoms with Crippen molar-refractivity contribution in [1.82, 2.24) is 10.2 Å². The van der Waals surface area contributed by atoms with Gasteiger partial charge >= 0.3 is 0 Å². The molecule has 1 aliphatic carbocycles. The highest BCUT2D eigenvalue weighted by atomic mass is 19.1. The molecule has 0 bridgehead atoms. The molecule has 42 heavy (non-hydrogen) atoms. The Morgan fingerprint density at radius 2 is 1.69 bits per heavy atom. The number of nitrogens with one attached hydrogen (secondary N) is 1. The monoisotopic (exact) mass is 581 g/mol. The SMILES string of the molecule is CCCN(CCC)C(=O)C1([C@H](Cc2cc(F)cc(F)c2)[C@@H](O)CNCCCc2ccccc2)C=C(C)C=C(C(N)=O)C1. The van der Waals surface area contributed by atoms with E-state index in [9.17, 15) is 23.5 Å². The van der Waals surface area contributed by atoms with Crippen LogP contribution in [0.1, 0.15) is 57.6 Å². The van der Waals surface area contributed by atoms with Crippen LogP contribution in [-0.2, 0) is 22.4 Å². The van der Waals surface area contributed by atoms with Gasteiger partial charge in [-0.05, 0) is 75.3 Å². The van der Waals surface area contributed by atoms with Crippen molar-refractivity contribution in [1.29, 1.82) is 0 Å². The zero-order chi connectivity index (χ0) is 30.7. The van der Waals surface area contributed by atoms with Crippen molar-refractivity contribution in [2.75, 3.05) is 26.2 Å². The number of allylic oxidation sites excluding steroid dienone is 2. The number of hydrogen-bond donors (Lipinski definition) is 3. The second kappa shape index (κ2) is 15.8. The number of nitrogens with zero attached hydrogens (tertiary/aromatic N) is 1. The van der Waals surface area contributed by atoms with Gasteiger partial charge in [-0.3, -0.25) is 9.59 Å². The first-order valence-corrected chi connectivity index (χ1v) is 15.0. The molecule has 3 rings (SSSR count). The van der Waals surface area contributed by atoms with Crippen LogP contribution in [0.25, 0.3) is 0 Å². The van der Waals surface area contributed by atoms with Gasteiger partial charge in [-0.2, -0.15) is 0 Å². The first-order chi connectivity index (χ1) is 20.1. The van der Waals surface area contributed by atoms with Crippen molar-refractivity contribution in [3.05, 3.63) is 94.6 Å². The number of benzene rings is 2. The van der Waals surface area contributed by atoms with Crippen LogP contribution in [-0.4, -0.2) is 54.1 Å². The normalized spacial score (nSPS) is 18.1. The van der Waals surface area contributed by atoms with Gasteiger partial charge in [0.05, 0.1) is 11.5 Å². The van der Waals surface area contributed by atoms with E-state index in [4.69, 9.17) is 5.73 Å². The summed E-state index contributed by atoms with van der Waals surface area (Å²) in [5, 5.41) is 15.1. The van der Waals surface area contributed by atoms with Gasteiger partial charge in [0, 0.05) is 37.2 Å². The maximum Gasteiger partial charge on any atom is 0.244 e. The molecule has 4 N–H and O–H groups in total. The van der Waals surface area contributed by atoms with Gasteiger partial charge in [-0.1, -0.05) is 61.9 Å². The highest BCUT2D eigenvalue weighted by Gasteiger charge is 2.50. The number of halogens is 2. The minimum absolute atomic E-state index is 0.00400. The van der Waals surface area contributed by atoms with Crippen LogP contribution in [0.15, 0.2) is 71.8 Å². The largest absolute Gasteiger partial charge is 0.391 e. The Labute approximate surface area is 248 Å². The van der Waals surface area contributed by atoms with Crippen LogP contribution in [0.4, 0.5) is 8.78 Å². The lowest BCUT2D eigenvalue weighted by Gasteiger charge is -2.45. The number of nitrogens with two attached hydrogens (primary N) is 1. The zero-order valence-electron chi connectivity index (χ0n) is 25.0. The summed E-state index contributed by atoms with van der Waals surface area (Å²) in [6.07, 6.45) is 5.61. The van der Waals surface area contributed by atoms with E-state index in [-0.39, 0.29) is 30.9 Å². The summed E-state index contributed by atoms with van der Waals surface area (Å²) in [7, 11) is 0. The maximum atomic E-state index is 14.5. The van der Waals surface area contributed by atoms with Crippen LogP contribution in [0, 0.1) is 23.0 Å². The van der Waals surface area contributed by atoms with E-state index in [1.165, 1.54) is 17.7 Å². The zero-order valence-corrected chi connectivity index (χ0v) is 25.0. The molecule has 0 spiro atoms. The Morgan fingerprint density at radius 1 is 1.05 bits per heavy atom. The quantitative estimate of drug-likeness (QED) is 0.240. The Kier molecular flexibility index (Phi) is 12.4. The fourth-order valence-electron chi connectivity index (χ4n) is 6.08. The third-order valence-corrected chi connectivity index (χ3v) is 7.88. The second-order valence-electron chi connectivity index (χ2n) is 11.4. The summed E-state index contributed by atoms with van der Waals surface area (Å²) in [5.74, 6) is -3.13. The van der Waals surface area contributed by atoms with Gasteiger partial charge in [0.25, 0.3) is 0 Å². The number of amides is 2. The third kappa shape index (κ3) is 8.82. The average molecular weight is 582 g/mol. The molecule has 8 heteroatoms. The minimum Gasteiger partial charge on any atom is -0.391 e. The molecule has 0 fully saturated rings. The van der Waals surface area contributed by atoms with E-state index in [0.717, 1.165) is 31.7 Å². The molecule has 1 unspecified atom stereocenters. The number of aryl methyl sites for hydroxylation is 1. The highest BCUT2D eigenvalue weighted by molar-refractivity contribution is 5.96. The molecule has 0 saturated heterocycles. The summed E-state index contributed by atoms with van der Waals surface area (Å²) in [6.45, 7) is 7.57. The van der Waals surface area contributed by atoms with Crippen LogP contribution < -0.4 is 11.1 Å². The minimum atomic E-state index is -1.35. The van der Waals surface area contributed by atoms with Crippen LogP contribution in [0.3, 0.4) is 0 Å². The summed E-state index contributed by atoms with van der Waals surface area (Å²) in [4.78, 5) is 28.8. The van der Waals surface area contributed by atoms with Crippen LogP contribution in [0.5, 0.6) is 0 Å². The summed E-state index contributed by atoms with van der Waals surface area (Å²) >= 11 is 0. The van der Waals surface area contributed by atoms with Crippen molar-refractivity contribution >= 4 is 11.8 Å². The Morgan fingerprint density at radius 3 is 2.29 bits per heavy atom. The molecule has 0 aliphatic heterocycles. The van der Waals surface area contributed by atoms with Crippen molar-refractivity contribution < 1.29 is 23.5 Å². The topological polar surface area (TPSA) is 95.7 Å². The first-order valence-electron chi connectivity index (χ1n) is 15.0. The van der Waals surface area contributed by atoms with Crippen LogP contribution in [0.2, 0.25) is 0 Å². The van der Waals surface area contributed by atoms with E-state index in [0.29, 0.717) is 30.8 Å². The lowest BCUT2D eigenvalue weighted by Crippen LogP contribution is -2.54. The van der Waals surface area contributed by atoms with E-state index in [1.807, 2.05) is 38.1 Å². The number of hydrogen-bond acceptors (Lipinski definition) is 4. The number of carbonyl (C=O) groups excluding carboxylic acids is 2. The number of aliphatic hydroxyl groups is 1. The molecule has 0 heterocycles. The van der Waals surface area contributed by atoms with E-state index in [1.54, 1.807) is 17.9 Å². The van der Waals surface area contributed by atoms with Crippen molar-refractivity contribution in [3.63, 3.8) is 0 Å². The second-order valence-corrected chi connectivity index (χ2v) is 11.4. The number of primary amides is 1. The molecule has 2 amide bonds. The standard InChI is InChI=1S/C34H45F2N3O3/c1-4-14-39(15-5-2)33(42)34(21-24(3)16-27(22-34)32(37)41)30(19-26-17-28(35)20-29(36)18-26)31(40)23-38-13-9-12-25-10-7-6-8-11-25/h6-8,10-11,16-18,20-21,30-31,38,40H,4-5,9,12-15,19,22-23H2,1-3H3,(H2,37,41)/t30-,31+,34?/m1/s1. The summed E-state index contributed by atoms with van der Waals surface area (Å²) in [6, 6.07) is 13.4. The average Bonchev–Trinajstić information content (AvgIpc) is 2.94. The van der Waals surface area contributed by atoms with Gasteiger partial charge in [0.1, 0.15) is 11.6 Å². The van der Waals surface area contributed by atoms with Gasteiger partial charge in [-0.25, -0.2) is 8.78 Å². The number of carbonyl (C=O) groups is 2. The Hall–Kier alpha value is -3.36. The summed E-state index contributed by atoms with van der Waals surface area (Å²) in [5.41, 5.74) is 6.90. The summed E-state index contributed by atoms with van der Waals surface area (Å²) < 4.78 is 28.6. The van der Waals surface area contributed by atoms with Crippen molar-refractivity contribution in [3.8, 4) is 0 Å². The lowest BCUT2D eigenvalue weighted by atomic mass is 9.63. The predicted octanol–water partition coefficient (Wildman–Crippen LogP) is 5.10. The molecule has 1 aliphatic rings. The van der Waals surface area contributed by atoms with Gasteiger partial charge < -0.3 is 21.1 Å². The van der Waals surface area contributed by atoms with E-state index in [2.05, 4.69) is 17.4 Å². The van der Waals surface area contributed by atoms with E-state index >= 15 is 0 Å². The Balaban J connectivity index is 1.99. The number of aliphatic hydroxyl groups excluding tert-OH is 1. The van der Waals surface area contributed by atoms with Crippen molar-refractivity contribution in [2.24, 2.45) is 17.1 Å². The molecule has 6 nitrogen and oxygen atoms in total. The molecule has 0 saturated carbocycles. The van der Waals surface area contributed by atoms with Gasteiger partial charge in [0.2, 0.25) is 11.8 Å². The van der Waals surface area contributed by atoms with Gasteiger partial charge in [-0.15, -0.1) is 0 Å². The predicted molar refractivity (Wildman–Crippen MR) is 162 cm³/mol.